The Balaban J connectivity index is 1.55. The number of carbonyl (C=O) groups is 2. The van der Waals surface area contributed by atoms with Crippen molar-refractivity contribution in [2.45, 2.75) is 32.6 Å². The molecule has 1 aromatic rings. The summed E-state index contributed by atoms with van der Waals surface area (Å²) in [5.74, 6) is 0.821. The van der Waals surface area contributed by atoms with E-state index in [0.29, 0.717) is 17.8 Å². The Hall–Kier alpha value is -1.88. The summed E-state index contributed by atoms with van der Waals surface area (Å²) in [5, 5.41) is 2.93. The third kappa shape index (κ3) is 4.35. The van der Waals surface area contributed by atoms with Gasteiger partial charge in [0, 0.05) is 24.3 Å². The fourth-order valence-corrected chi connectivity index (χ4v) is 3.46. The molecule has 1 aromatic carbocycles. The van der Waals surface area contributed by atoms with Crippen molar-refractivity contribution in [3.8, 4) is 0 Å². The van der Waals surface area contributed by atoms with E-state index in [-0.39, 0.29) is 11.8 Å². The molecule has 130 valence electrons. The lowest BCUT2D eigenvalue weighted by Crippen LogP contribution is -2.38. The van der Waals surface area contributed by atoms with Gasteiger partial charge in [-0.25, -0.2) is 0 Å². The summed E-state index contributed by atoms with van der Waals surface area (Å²) in [4.78, 5) is 28.8. The van der Waals surface area contributed by atoms with E-state index >= 15 is 0 Å². The maximum absolute atomic E-state index is 12.4. The molecular formula is C19H27N3O2. The average molecular weight is 329 g/mol. The molecule has 3 rings (SSSR count). The van der Waals surface area contributed by atoms with E-state index < -0.39 is 0 Å². The minimum Gasteiger partial charge on any atom is -0.339 e. The van der Waals surface area contributed by atoms with Crippen molar-refractivity contribution in [3.63, 3.8) is 0 Å². The first-order valence-corrected chi connectivity index (χ1v) is 9.03. The SMILES string of the molecule is CC1CCN(CC(=O)Nc2cccc(C(=O)N3CCCC3)c2)CC1. The van der Waals surface area contributed by atoms with Crippen LogP contribution in [0.1, 0.15) is 43.0 Å². The van der Waals surface area contributed by atoms with E-state index in [1.807, 2.05) is 23.1 Å². The topological polar surface area (TPSA) is 52.7 Å². The second-order valence-electron chi connectivity index (χ2n) is 7.09. The molecule has 0 spiro atoms. The van der Waals surface area contributed by atoms with E-state index in [2.05, 4.69) is 17.1 Å². The highest BCUT2D eigenvalue weighted by atomic mass is 16.2. The summed E-state index contributed by atoms with van der Waals surface area (Å²) in [6.07, 6.45) is 4.48. The van der Waals surface area contributed by atoms with Gasteiger partial charge in [-0.15, -0.1) is 0 Å². The highest BCUT2D eigenvalue weighted by molar-refractivity contribution is 5.97. The monoisotopic (exact) mass is 329 g/mol. The molecule has 2 heterocycles. The van der Waals surface area contributed by atoms with Crippen molar-refractivity contribution < 1.29 is 9.59 Å². The van der Waals surface area contributed by atoms with Gasteiger partial charge in [0.25, 0.3) is 5.91 Å². The molecule has 0 radical (unpaired) electrons. The van der Waals surface area contributed by atoms with Crippen LogP contribution in [0.4, 0.5) is 5.69 Å². The summed E-state index contributed by atoms with van der Waals surface area (Å²) in [6, 6.07) is 7.29. The first-order valence-electron chi connectivity index (χ1n) is 9.03. The predicted molar refractivity (Wildman–Crippen MR) is 95.0 cm³/mol. The normalized spacial score (nSPS) is 19.5. The van der Waals surface area contributed by atoms with Gasteiger partial charge in [0.15, 0.2) is 0 Å². The minimum absolute atomic E-state index is 0.00433. The summed E-state index contributed by atoms with van der Waals surface area (Å²) >= 11 is 0. The number of amides is 2. The number of nitrogens with zero attached hydrogens (tertiary/aromatic N) is 2. The predicted octanol–water partition coefficient (Wildman–Crippen LogP) is 2.59. The van der Waals surface area contributed by atoms with Crippen LogP contribution < -0.4 is 5.32 Å². The van der Waals surface area contributed by atoms with Crippen LogP contribution in [0.25, 0.3) is 0 Å². The Kier molecular flexibility index (Phi) is 5.51. The number of likely N-dealkylation sites (tertiary alicyclic amines) is 2. The Morgan fingerprint density at radius 1 is 1.12 bits per heavy atom. The van der Waals surface area contributed by atoms with E-state index in [1.54, 1.807) is 6.07 Å². The molecule has 1 N–H and O–H groups in total. The molecule has 2 fully saturated rings. The Labute approximate surface area is 144 Å². The quantitative estimate of drug-likeness (QED) is 0.924. The third-order valence-corrected chi connectivity index (χ3v) is 5.03. The molecule has 5 nitrogen and oxygen atoms in total. The largest absolute Gasteiger partial charge is 0.339 e. The van der Waals surface area contributed by atoms with Crippen molar-refractivity contribution in [1.29, 1.82) is 0 Å². The fourth-order valence-electron chi connectivity index (χ4n) is 3.46. The number of carbonyl (C=O) groups excluding carboxylic acids is 2. The molecule has 2 aliphatic heterocycles. The van der Waals surface area contributed by atoms with Crippen LogP contribution >= 0.6 is 0 Å². The van der Waals surface area contributed by atoms with Crippen molar-refractivity contribution in [3.05, 3.63) is 29.8 Å². The van der Waals surface area contributed by atoms with Gasteiger partial charge in [0.05, 0.1) is 6.54 Å². The van der Waals surface area contributed by atoms with E-state index in [4.69, 9.17) is 0 Å². The van der Waals surface area contributed by atoms with Crippen LogP contribution in [0.3, 0.4) is 0 Å². The number of benzene rings is 1. The molecule has 2 aliphatic rings. The van der Waals surface area contributed by atoms with Gasteiger partial charge in [-0.05, 0) is 62.9 Å². The summed E-state index contributed by atoms with van der Waals surface area (Å²) < 4.78 is 0. The maximum Gasteiger partial charge on any atom is 0.253 e. The molecule has 0 aliphatic carbocycles. The second kappa shape index (κ2) is 7.79. The number of rotatable bonds is 4. The number of piperidine rings is 1. The zero-order chi connectivity index (χ0) is 16.9. The first-order chi connectivity index (χ1) is 11.6. The van der Waals surface area contributed by atoms with E-state index in [0.717, 1.165) is 57.8 Å². The summed E-state index contributed by atoms with van der Waals surface area (Å²) in [5.41, 5.74) is 1.36. The van der Waals surface area contributed by atoms with Gasteiger partial charge in [0.2, 0.25) is 5.91 Å². The lowest BCUT2D eigenvalue weighted by Gasteiger charge is -2.29. The highest BCUT2D eigenvalue weighted by Crippen LogP contribution is 2.18. The lowest BCUT2D eigenvalue weighted by atomic mass is 9.99. The van der Waals surface area contributed by atoms with Crippen molar-refractivity contribution in [2.75, 3.05) is 38.0 Å². The van der Waals surface area contributed by atoms with Crippen molar-refractivity contribution >= 4 is 17.5 Å². The van der Waals surface area contributed by atoms with E-state index in [1.165, 1.54) is 0 Å². The van der Waals surface area contributed by atoms with E-state index in [9.17, 15) is 9.59 Å². The van der Waals surface area contributed by atoms with Crippen LogP contribution in [0, 0.1) is 5.92 Å². The number of anilines is 1. The third-order valence-electron chi connectivity index (χ3n) is 5.03. The Morgan fingerprint density at radius 3 is 2.54 bits per heavy atom. The Bertz CT molecular complexity index is 588. The molecule has 0 bridgehead atoms. The minimum atomic E-state index is -0.00433. The molecule has 2 amide bonds. The van der Waals surface area contributed by atoms with Crippen LogP contribution in [-0.2, 0) is 4.79 Å². The van der Waals surface area contributed by atoms with Crippen molar-refractivity contribution in [2.24, 2.45) is 5.92 Å². The van der Waals surface area contributed by atoms with Crippen LogP contribution in [0.2, 0.25) is 0 Å². The standard InChI is InChI=1S/C19H27N3O2/c1-15-7-11-21(12-8-15)14-18(23)20-17-6-4-5-16(13-17)19(24)22-9-2-3-10-22/h4-6,13,15H,2-3,7-12,14H2,1H3,(H,20,23). The average Bonchev–Trinajstić information content (AvgIpc) is 3.11. The smallest absolute Gasteiger partial charge is 0.253 e. The lowest BCUT2D eigenvalue weighted by molar-refractivity contribution is -0.117. The molecule has 2 saturated heterocycles. The first kappa shape index (κ1) is 17.0. The molecule has 0 unspecified atom stereocenters. The summed E-state index contributed by atoms with van der Waals surface area (Å²) in [6.45, 7) is 6.34. The van der Waals surface area contributed by atoms with Gasteiger partial charge < -0.3 is 10.2 Å². The molecule has 0 aromatic heterocycles. The molecule has 0 saturated carbocycles. The van der Waals surface area contributed by atoms with Crippen LogP contribution in [-0.4, -0.2) is 54.3 Å². The zero-order valence-corrected chi connectivity index (χ0v) is 14.5. The molecule has 0 atom stereocenters. The number of hydrogen-bond donors (Lipinski definition) is 1. The van der Waals surface area contributed by atoms with Gasteiger partial charge >= 0.3 is 0 Å². The molecule has 5 heteroatoms. The van der Waals surface area contributed by atoms with Crippen LogP contribution in [0.15, 0.2) is 24.3 Å². The molecule has 24 heavy (non-hydrogen) atoms. The fraction of sp³-hybridized carbons (Fsp3) is 0.579. The van der Waals surface area contributed by atoms with Gasteiger partial charge in [-0.1, -0.05) is 13.0 Å². The van der Waals surface area contributed by atoms with Gasteiger partial charge in [0.1, 0.15) is 0 Å². The second-order valence-corrected chi connectivity index (χ2v) is 7.09. The summed E-state index contributed by atoms with van der Waals surface area (Å²) in [7, 11) is 0. The van der Waals surface area contributed by atoms with Crippen LogP contribution in [0.5, 0.6) is 0 Å². The molecular weight excluding hydrogens is 302 g/mol. The van der Waals surface area contributed by atoms with Crippen molar-refractivity contribution in [1.82, 2.24) is 9.80 Å². The maximum atomic E-state index is 12.4. The van der Waals surface area contributed by atoms with Gasteiger partial charge in [-0.2, -0.15) is 0 Å². The van der Waals surface area contributed by atoms with Gasteiger partial charge in [-0.3, -0.25) is 14.5 Å². The number of nitrogens with one attached hydrogen (secondary N) is 1. The number of hydrogen-bond acceptors (Lipinski definition) is 3. The zero-order valence-electron chi connectivity index (χ0n) is 14.5. The Morgan fingerprint density at radius 2 is 1.83 bits per heavy atom. The highest BCUT2D eigenvalue weighted by Gasteiger charge is 2.20.